The first-order valence-corrected chi connectivity index (χ1v) is 11.0. The molecule has 1 N–H and O–H groups in total. The minimum atomic E-state index is 0.419. The van der Waals surface area contributed by atoms with Crippen LogP contribution < -0.4 is 10.2 Å². The largest absolute Gasteiger partial charge is 0.341 e. The van der Waals surface area contributed by atoms with Gasteiger partial charge in [-0.2, -0.15) is 11.3 Å². The summed E-state index contributed by atoms with van der Waals surface area (Å²) in [5.74, 6) is 0.775. The van der Waals surface area contributed by atoms with E-state index in [1.165, 1.54) is 63.2 Å². The first-order chi connectivity index (χ1) is 12.7. The summed E-state index contributed by atoms with van der Waals surface area (Å²) in [5, 5.41) is 7.98. The third-order valence-electron chi connectivity index (χ3n) is 6.39. The number of nitrogens with zero attached hydrogens (tertiary/aromatic N) is 2. The molecule has 3 nitrogen and oxygen atoms in total. The Morgan fingerprint density at radius 2 is 1.81 bits per heavy atom. The van der Waals surface area contributed by atoms with E-state index in [1.54, 1.807) is 11.3 Å². The topological polar surface area (TPSA) is 18.5 Å². The van der Waals surface area contributed by atoms with E-state index in [9.17, 15) is 0 Å². The van der Waals surface area contributed by atoms with Gasteiger partial charge in [0.05, 0.1) is 5.69 Å². The highest BCUT2D eigenvalue weighted by molar-refractivity contribution is 7.08. The van der Waals surface area contributed by atoms with E-state index >= 15 is 0 Å². The zero-order chi connectivity index (χ0) is 17.8. The molecule has 2 fully saturated rings. The van der Waals surface area contributed by atoms with Crippen LogP contribution in [-0.2, 0) is 0 Å². The van der Waals surface area contributed by atoms with Crippen LogP contribution >= 0.6 is 11.3 Å². The third-order valence-corrected chi connectivity index (χ3v) is 7.06. The molecule has 0 amide bonds. The molecule has 3 heterocycles. The van der Waals surface area contributed by atoms with Crippen LogP contribution in [0.25, 0.3) is 0 Å². The van der Waals surface area contributed by atoms with Crippen LogP contribution in [0, 0.1) is 5.92 Å². The molecule has 0 saturated carbocycles. The zero-order valence-corrected chi connectivity index (χ0v) is 16.7. The first kappa shape index (κ1) is 18.0. The maximum Gasteiger partial charge on any atom is 0.0519 e. The van der Waals surface area contributed by atoms with Gasteiger partial charge in [-0.3, -0.25) is 4.90 Å². The lowest BCUT2D eigenvalue weighted by Gasteiger charge is -2.47. The van der Waals surface area contributed by atoms with Gasteiger partial charge in [-0.1, -0.05) is 18.2 Å². The number of hydrogen-bond acceptors (Lipinski definition) is 4. The lowest BCUT2D eigenvalue weighted by Crippen LogP contribution is -2.55. The Hall–Kier alpha value is -1.36. The van der Waals surface area contributed by atoms with Gasteiger partial charge in [-0.15, -0.1) is 0 Å². The predicted molar refractivity (Wildman–Crippen MR) is 113 cm³/mol. The fourth-order valence-corrected chi connectivity index (χ4v) is 5.22. The lowest BCUT2D eigenvalue weighted by molar-refractivity contribution is 0.0402. The molecule has 4 heteroatoms. The van der Waals surface area contributed by atoms with Crippen LogP contribution in [0.4, 0.5) is 11.4 Å². The quantitative estimate of drug-likeness (QED) is 0.821. The number of nitrogens with one attached hydrogen (secondary N) is 1. The van der Waals surface area contributed by atoms with Crippen LogP contribution in [0.1, 0.15) is 32.6 Å². The molecule has 2 aliphatic rings. The number of thiophene rings is 1. The second kappa shape index (κ2) is 8.12. The van der Waals surface area contributed by atoms with Gasteiger partial charge >= 0.3 is 0 Å². The van der Waals surface area contributed by atoms with E-state index in [1.807, 2.05) is 0 Å². The Labute approximate surface area is 162 Å². The van der Waals surface area contributed by atoms with Crippen molar-refractivity contribution in [3.63, 3.8) is 0 Å². The van der Waals surface area contributed by atoms with Crippen molar-refractivity contribution < 1.29 is 0 Å². The van der Waals surface area contributed by atoms with Gasteiger partial charge in [0.1, 0.15) is 0 Å². The van der Waals surface area contributed by atoms with Crippen molar-refractivity contribution in [1.82, 2.24) is 10.2 Å². The average Bonchev–Trinajstić information content (AvgIpc) is 3.22. The van der Waals surface area contributed by atoms with Crippen molar-refractivity contribution in [3.05, 3.63) is 47.2 Å². The second-order valence-electron chi connectivity index (χ2n) is 8.11. The molecule has 0 radical (unpaired) electrons. The normalized spacial score (nSPS) is 21.6. The maximum atomic E-state index is 3.52. The number of anilines is 2. The van der Waals surface area contributed by atoms with E-state index in [-0.39, 0.29) is 0 Å². The molecule has 4 rings (SSSR count). The summed E-state index contributed by atoms with van der Waals surface area (Å²) >= 11 is 1.79. The van der Waals surface area contributed by atoms with E-state index in [0.717, 1.165) is 12.5 Å². The van der Waals surface area contributed by atoms with Crippen molar-refractivity contribution in [2.75, 3.05) is 37.6 Å². The molecule has 2 saturated heterocycles. The molecule has 0 aliphatic carbocycles. The van der Waals surface area contributed by atoms with E-state index < -0.39 is 0 Å². The summed E-state index contributed by atoms with van der Waals surface area (Å²) in [6.07, 6.45) is 5.22. The van der Waals surface area contributed by atoms with Crippen LogP contribution in [-0.4, -0.2) is 43.2 Å². The molecule has 0 atom stereocenters. The fraction of sp³-hybridized carbons (Fsp3) is 0.545. The molecule has 140 valence electrons. The molecule has 26 heavy (non-hydrogen) atoms. The number of likely N-dealkylation sites (tertiary alicyclic amines) is 1. The zero-order valence-electron chi connectivity index (χ0n) is 15.9. The van der Waals surface area contributed by atoms with E-state index in [4.69, 9.17) is 0 Å². The van der Waals surface area contributed by atoms with Crippen molar-refractivity contribution in [1.29, 1.82) is 0 Å². The highest BCUT2D eigenvalue weighted by Crippen LogP contribution is 2.33. The molecule has 0 unspecified atom stereocenters. The lowest BCUT2D eigenvalue weighted by atomic mass is 9.85. The summed E-state index contributed by atoms with van der Waals surface area (Å²) < 4.78 is 0. The Morgan fingerprint density at radius 1 is 1.08 bits per heavy atom. The predicted octanol–water partition coefficient (Wildman–Crippen LogP) is 4.74. The summed E-state index contributed by atoms with van der Waals surface area (Å²) in [6, 6.07) is 13.1. The fourth-order valence-electron chi connectivity index (χ4n) is 4.57. The molecular formula is C22H31N3S. The van der Waals surface area contributed by atoms with Gasteiger partial charge in [0, 0.05) is 23.2 Å². The molecule has 1 aromatic carbocycles. The van der Waals surface area contributed by atoms with E-state index in [0.29, 0.717) is 5.54 Å². The van der Waals surface area contributed by atoms with Gasteiger partial charge in [0.25, 0.3) is 0 Å². The van der Waals surface area contributed by atoms with Gasteiger partial charge < -0.3 is 10.2 Å². The first-order valence-electron chi connectivity index (χ1n) is 10.1. The summed E-state index contributed by atoms with van der Waals surface area (Å²) in [6.45, 7) is 8.48. The Balaban J connectivity index is 1.40. The highest BCUT2D eigenvalue weighted by atomic mass is 32.1. The minimum absolute atomic E-state index is 0.419. The number of para-hydroxylation sites is 1. The summed E-state index contributed by atoms with van der Waals surface area (Å²) in [5.41, 5.74) is 3.08. The Morgan fingerprint density at radius 3 is 2.46 bits per heavy atom. The van der Waals surface area contributed by atoms with Crippen molar-refractivity contribution in [3.8, 4) is 0 Å². The van der Waals surface area contributed by atoms with Gasteiger partial charge in [0.2, 0.25) is 0 Å². The van der Waals surface area contributed by atoms with Gasteiger partial charge in [-0.05, 0) is 88.3 Å². The van der Waals surface area contributed by atoms with Crippen LogP contribution in [0.3, 0.4) is 0 Å². The van der Waals surface area contributed by atoms with Crippen LogP contribution in [0.2, 0.25) is 0 Å². The maximum absolute atomic E-state index is 3.52. The van der Waals surface area contributed by atoms with Gasteiger partial charge in [0.15, 0.2) is 0 Å². The Bertz CT molecular complexity index is 656. The molecular weight excluding hydrogens is 338 g/mol. The second-order valence-corrected chi connectivity index (χ2v) is 8.89. The molecule has 0 spiro atoms. The number of benzene rings is 1. The molecule has 2 aliphatic heterocycles. The van der Waals surface area contributed by atoms with Crippen LogP contribution in [0.15, 0.2) is 47.2 Å². The molecule has 0 bridgehead atoms. The summed E-state index contributed by atoms with van der Waals surface area (Å²) in [4.78, 5) is 5.30. The number of rotatable bonds is 5. The molecule has 2 aromatic rings. The number of piperidine rings is 2. The number of hydrogen-bond donors (Lipinski definition) is 1. The smallest absolute Gasteiger partial charge is 0.0519 e. The van der Waals surface area contributed by atoms with Crippen molar-refractivity contribution in [2.45, 2.75) is 38.1 Å². The van der Waals surface area contributed by atoms with E-state index in [2.05, 4.69) is 69.2 Å². The Kier molecular flexibility index (Phi) is 5.63. The van der Waals surface area contributed by atoms with Crippen molar-refractivity contribution in [2.24, 2.45) is 5.92 Å². The highest BCUT2D eigenvalue weighted by Gasteiger charge is 2.35. The standard InChI is InChI=1S/C22H31N3S/c1-22(10-12-23-13-11-22)24-14-7-19(8-15-24)17-25(21-9-16-26-18-21)20-5-3-2-4-6-20/h2-6,9,16,18-19,23H,7-8,10-15,17H2,1H3. The summed E-state index contributed by atoms with van der Waals surface area (Å²) in [7, 11) is 0. The minimum Gasteiger partial charge on any atom is -0.341 e. The van der Waals surface area contributed by atoms with Gasteiger partial charge in [-0.25, -0.2) is 0 Å². The SMILES string of the molecule is CC1(N2CCC(CN(c3ccccc3)c3ccsc3)CC2)CCNCC1. The van der Waals surface area contributed by atoms with Crippen molar-refractivity contribution >= 4 is 22.7 Å². The average molecular weight is 370 g/mol. The van der Waals surface area contributed by atoms with Crippen LogP contribution in [0.5, 0.6) is 0 Å². The molecule has 1 aromatic heterocycles. The monoisotopic (exact) mass is 369 g/mol. The third kappa shape index (κ3) is 3.98.